The Morgan fingerprint density at radius 1 is 1.09 bits per heavy atom. The van der Waals surface area contributed by atoms with Gasteiger partial charge >= 0.3 is 0 Å². The topological polar surface area (TPSA) is 54.9 Å². The summed E-state index contributed by atoms with van der Waals surface area (Å²) in [7, 11) is 0. The van der Waals surface area contributed by atoms with Gasteiger partial charge in [0, 0.05) is 38.1 Å². The van der Waals surface area contributed by atoms with Gasteiger partial charge in [0.15, 0.2) is 11.5 Å². The summed E-state index contributed by atoms with van der Waals surface area (Å²) in [6.07, 6.45) is 9.02. The van der Waals surface area contributed by atoms with E-state index < -0.39 is 0 Å². The molecule has 32 heavy (non-hydrogen) atoms. The Bertz CT molecular complexity index is 881. The van der Waals surface area contributed by atoms with Crippen molar-refractivity contribution in [2.24, 2.45) is 0 Å². The second kappa shape index (κ2) is 10.8. The van der Waals surface area contributed by atoms with Crippen LogP contribution >= 0.6 is 0 Å². The van der Waals surface area contributed by atoms with Crippen LogP contribution in [0.2, 0.25) is 0 Å². The first kappa shape index (κ1) is 22.6. The molecule has 0 unspecified atom stereocenters. The van der Waals surface area contributed by atoms with Crippen molar-refractivity contribution >= 4 is 5.91 Å². The molecule has 2 aliphatic rings. The summed E-state index contributed by atoms with van der Waals surface area (Å²) in [5.74, 6) is 2.21. The number of ether oxygens (including phenoxy) is 2. The zero-order valence-corrected chi connectivity index (χ0v) is 19.3. The van der Waals surface area contributed by atoms with Crippen LogP contribution in [0.1, 0.15) is 69.0 Å². The van der Waals surface area contributed by atoms with Crippen molar-refractivity contribution in [1.82, 2.24) is 14.8 Å². The number of rotatable bonds is 10. The van der Waals surface area contributed by atoms with Gasteiger partial charge in [-0.15, -0.1) is 0 Å². The number of aromatic nitrogens is 1. The summed E-state index contributed by atoms with van der Waals surface area (Å²) in [5, 5.41) is 0. The minimum Gasteiger partial charge on any atom is -0.454 e. The zero-order chi connectivity index (χ0) is 22.3. The highest BCUT2D eigenvalue weighted by Crippen LogP contribution is 2.43. The molecule has 0 spiro atoms. The molecule has 1 saturated heterocycles. The number of hydrogen-bond donors (Lipinski definition) is 0. The standard InChI is InChI=1S/C26H35N3O3/c1-3-5-12-28(13-6-4-2)26(30)18-29-17-22(14-23(29)21-8-7-11-27-16-21)20-9-10-24-25(15-20)32-19-31-24/h7-11,15-16,22-23H,3-6,12-14,17-19H2,1-2H3/t22-,23+/m0/s1. The number of carbonyl (C=O) groups excluding carboxylic acids is 1. The first-order valence-corrected chi connectivity index (χ1v) is 12.0. The molecule has 1 aromatic carbocycles. The van der Waals surface area contributed by atoms with Gasteiger partial charge in [0.25, 0.3) is 0 Å². The summed E-state index contributed by atoms with van der Waals surface area (Å²) in [5.41, 5.74) is 2.42. The maximum Gasteiger partial charge on any atom is 0.236 e. The fraction of sp³-hybridized carbons (Fsp3) is 0.538. The van der Waals surface area contributed by atoms with Gasteiger partial charge in [-0.2, -0.15) is 0 Å². The number of amides is 1. The maximum atomic E-state index is 13.3. The van der Waals surface area contributed by atoms with Gasteiger partial charge in [0.1, 0.15) is 0 Å². The molecule has 6 nitrogen and oxygen atoms in total. The molecule has 172 valence electrons. The monoisotopic (exact) mass is 437 g/mol. The van der Waals surface area contributed by atoms with Crippen LogP contribution in [0.25, 0.3) is 0 Å². The maximum absolute atomic E-state index is 13.3. The lowest BCUT2D eigenvalue weighted by Gasteiger charge is -2.28. The summed E-state index contributed by atoms with van der Waals surface area (Å²) >= 11 is 0. The van der Waals surface area contributed by atoms with Crippen molar-refractivity contribution in [3.05, 3.63) is 53.9 Å². The van der Waals surface area contributed by atoms with E-state index in [2.05, 4.69) is 46.8 Å². The predicted molar refractivity (Wildman–Crippen MR) is 125 cm³/mol. The molecule has 2 atom stereocenters. The largest absolute Gasteiger partial charge is 0.454 e. The Labute approximate surface area is 191 Å². The van der Waals surface area contributed by atoms with Crippen LogP contribution in [0.3, 0.4) is 0 Å². The van der Waals surface area contributed by atoms with E-state index in [0.717, 1.165) is 63.2 Å². The number of unbranched alkanes of at least 4 members (excludes halogenated alkanes) is 2. The zero-order valence-electron chi connectivity index (χ0n) is 19.3. The van der Waals surface area contributed by atoms with E-state index in [1.54, 1.807) is 6.20 Å². The highest BCUT2D eigenvalue weighted by Gasteiger charge is 2.36. The molecule has 2 aromatic rings. The van der Waals surface area contributed by atoms with Crippen molar-refractivity contribution in [3.63, 3.8) is 0 Å². The summed E-state index contributed by atoms with van der Waals surface area (Å²) in [6, 6.07) is 10.5. The van der Waals surface area contributed by atoms with Gasteiger partial charge in [-0.3, -0.25) is 14.7 Å². The van der Waals surface area contributed by atoms with Crippen molar-refractivity contribution in [1.29, 1.82) is 0 Å². The number of hydrogen-bond acceptors (Lipinski definition) is 5. The Balaban J connectivity index is 1.52. The molecule has 0 saturated carbocycles. The Morgan fingerprint density at radius 3 is 2.59 bits per heavy atom. The van der Waals surface area contributed by atoms with Crippen LogP contribution in [0.5, 0.6) is 11.5 Å². The lowest BCUT2D eigenvalue weighted by Crippen LogP contribution is -2.41. The third kappa shape index (κ3) is 5.23. The number of likely N-dealkylation sites (tertiary alicyclic amines) is 1. The molecule has 1 amide bonds. The summed E-state index contributed by atoms with van der Waals surface area (Å²) < 4.78 is 11.1. The van der Waals surface area contributed by atoms with E-state index in [1.807, 2.05) is 18.3 Å². The van der Waals surface area contributed by atoms with Gasteiger partial charge in [-0.05, 0) is 54.5 Å². The average Bonchev–Trinajstić information content (AvgIpc) is 3.46. The lowest BCUT2D eigenvalue weighted by atomic mass is 9.94. The molecule has 0 bridgehead atoms. The van der Waals surface area contributed by atoms with Crippen molar-refractivity contribution < 1.29 is 14.3 Å². The van der Waals surface area contributed by atoms with E-state index in [-0.39, 0.29) is 18.7 Å². The van der Waals surface area contributed by atoms with Crippen molar-refractivity contribution in [2.75, 3.05) is 33.0 Å². The van der Waals surface area contributed by atoms with Gasteiger partial charge in [0.2, 0.25) is 12.7 Å². The van der Waals surface area contributed by atoms with Crippen LogP contribution in [0.15, 0.2) is 42.7 Å². The fourth-order valence-corrected chi connectivity index (χ4v) is 4.74. The molecule has 1 aromatic heterocycles. The summed E-state index contributed by atoms with van der Waals surface area (Å²) in [6.45, 7) is 7.65. The number of nitrogens with zero attached hydrogens (tertiary/aromatic N) is 3. The molecule has 2 aliphatic heterocycles. The Kier molecular flexibility index (Phi) is 7.63. The normalized spacial score (nSPS) is 19.9. The molecule has 3 heterocycles. The number of carbonyl (C=O) groups is 1. The first-order valence-electron chi connectivity index (χ1n) is 12.0. The highest BCUT2D eigenvalue weighted by molar-refractivity contribution is 5.78. The average molecular weight is 438 g/mol. The van der Waals surface area contributed by atoms with Crippen LogP contribution < -0.4 is 9.47 Å². The van der Waals surface area contributed by atoms with E-state index in [1.165, 1.54) is 11.1 Å². The van der Waals surface area contributed by atoms with Gasteiger partial charge in [-0.25, -0.2) is 0 Å². The SMILES string of the molecule is CCCCN(CCCC)C(=O)CN1C[C@@H](c2ccc3c(c2)OCO3)C[C@@H]1c1cccnc1. The van der Waals surface area contributed by atoms with E-state index >= 15 is 0 Å². The minimum absolute atomic E-state index is 0.183. The van der Waals surface area contributed by atoms with Crippen LogP contribution in [-0.4, -0.2) is 53.7 Å². The third-order valence-corrected chi connectivity index (χ3v) is 6.59. The molecule has 0 N–H and O–H groups in total. The van der Waals surface area contributed by atoms with E-state index in [4.69, 9.17) is 9.47 Å². The van der Waals surface area contributed by atoms with Gasteiger partial charge < -0.3 is 14.4 Å². The molecule has 6 heteroatoms. The highest BCUT2D eigenvalue weighted by atomic mass is 16.7. The third-order valence-electron chi connectivity index (χ3n) is 6.59. The van der Waals surface area contributed by atoms with Crippen molar-refractivity contribution in [3.8, 4) is 11.5 Å². The second-order valence-electron chi connectivity index (χ2n) is 8.86. The molecule has 1 fully saturated rings. The Hall–Kier alpha value is -2.60. The quantitative estimate of drug-likeness (QED) is 0.536. The van der Waals surface area contributed by atoms with Crippen LogP contribution in [0.4, 0.5) is 0 Å². The first-order chi connectivity index (χ1) is 15.7. The molecule has 4 rings (SSSR count). The fourth-order valence-electron chi connectivity index (χ4n) is 4.74. The van der Waals surface area contributed by atoms with E-state index in [9.17, 15) is 4.79 Å². The lowest BCUT2D eigenvalue weighted by molar-refractivity contribution is -0.132. The molecular formula is C26H35N3O3. The summed E-state index contributed by atoms with van der Waals surface area (Å²) in [4.78, 5) is 22.1. The number of benzene rings is 1. The molecule has 0 aliphatic carbocycles. The van der Waals surface area contributed by atoms with Crippen LogP contribution in [-0.2, 0) is 4.79 Å². The van der Waals surface area contributed by atoms with Gasteiger partial charge in [0.05, 0.1) is 6.54 Å². The van der Waals surface area contributed by atoms with Gasteiger partial charge in [-0.1, -0.05) is 38.8 Å². The van der Waals surface area contributed by atoms with E-state index in [0.29, 0.717) is 12.5 Å². The predicted octanol–water partition coefficient (Wildman–Crippen LogP) is 4.77. The van der Waals surface area contributed by atoms with Crippen molar-refractivity contribution in [2.45, 2.75) is 57.9 Å². The minimum atomic E-state index is 0.183. The number of fused-ring (bicyclic) bond motifs is 1. The second-order valence-corrected chi connectivity index (χ2v) is 8.86. The molecular weight excluding hydrogens is 402 g/mol. The smallest absolute Gasteiger partial charge is 0.236 e. The molecule has 0 radical (unpaired) electrons. The van der Waals surface area contributed by atoms with Crippen LogP contribution in [0, 0.1) is 0 Å². The number of pyridine rings is 1. The Morgan fingerprint density at radius 2 is 1.88 bits per heavy atom.